The number of nitrogens with two attached hydrogens (primary N) is 1. The number of amides is 3. The number of ether oxygens (including phenoxy) is 1. The van der Waals surface area contributed by atoms with Gasteiger partial charge in [-0.05, 0) is 43.2 Å². The number of carbonyl (C=O) groups is 3. The molecule has 0 fully saturated rings. The van der Waals surface area contributed by atoms with Gasteiger partial charge in [0.1, 0.15) is 22.6 Å². The standard InChI is InChI=1S/C22H22FN5O5S/c1-33-22(32)27-14(5-2-3-7-18(24)29)20(30)26-15-6-4-10-28(21(15)31)12-19-25-16-11-13(23)8-9-17(16)34-19/h3-4,6-11,14H,2,5,12H2,1H3,(H2,24,29)(H,26,30)(H,27,32). The highest BCUT2D eigenvalue weighted by Crippen LogP contribution is 2.23. The highest BCUT2D eigenvalue weighted by atomic mass is 32.1. The third kappa shape index (κ3) is 6.48. The molecule has 1 unspecified atom stereocenters. The van der Waals surface area contributed by atoms with Crippen LogP contribution in [0.5, 0.6) is 0 Å². The van der Waals surface area contributed by atoms with E-state index in [-0.39, 0.29) is 25.1 Å². The fourth-order valence-corrected chi connectivity index (χ4v) is 4.02. The maximum atomic E-state index is 13.4. The zero-order chi connectivity index (χ0) is 24.7. The lowest BCUT2D eigenvalue weighted by molar-refractivity contribution is -0.118. The van der Waals surface area contributed by atoms with E-state index < -0.39 is 35.3 Å². The Morgan fingerprint density at radius 1 is 1.32 bits per heavy atom. The van der Waals surface area contributed by atoms with E-state index in [0.29, 0.717) is 10.5 Å². The van der Waals surface area contributed by atoms with E-state index in [1.807, 2.05) is 0 Å². The molecule has 178 valence electrons. The van der Waals surface area contributed by atoms with Gasteiger partial charge in [-0.15, -0.1) is 11.3 Å². The minimum atomic E-state index is -1.03. The number of methoxy groups -OCH3 is 1. The summed E-state index contributed by atoms with van der Waals surface area (Å²) in [5.74, 6) is -1.67. The van der Waals surface area contributed by atoms with Crippen molar-refractivity contribution in [3.05, 3.63) is 69.9 Å². The molecule has 10 nitrogen and oxygen atoms in total. The van der Waals surface area contributed by atoms with Crippen LogP contribution in [-0.4, -0.2) is 40.6 Å². The highest BCUT2D eigenvalue weighted by molar-refractivity contribution is 7.18. The second-order valence-electron chi connectivity index (χ2n) is 7.13. The molecule has 2 aromatic heterocycles. The number of primary amides is 1. The second-order valence-corrected chi connectivity index (χ2v) is 8.25. The summed E-state index contributed by atoms with van der Waals surface area (Å²) in [4.78, 5) is 52.5. The first kappa shape index (κ1) is 24.6. The first-order chi connectivity index (χ1) is 16.3. The number of nitrogens with one attached hydrogen (secondary N) is 2. The number of benzene rings is 1. The summed E-state index contributed by atoms with van der Waals surface area (Å²) in [6, 6.07) is 6.28. The molecule has 0 aliphatic heterocycles. The van der Waals surface area contributed by atoms with Gasteiger partial charge in [0, 0.05) is 12.3 Å². The molecule has 3 aromatic rings. The molecule has 0 aliphatic rings. The summed E-state index contributed by atoms with van der Waals surface area (Å²) in [5, 5.41) is 5.52. The lowest BCUT2D eigenvalue weighted by Gasteiger charge is -2.17. The molecule has 3 rings (SSSR count). The van der Waals surface area contributed by atoms with Crippen molar-refractivity contribution >= 4 is 45.1 Å². The monoisotopic (exact) mass is 487 g/mol. The number of rotatable bonds is 9. The van der Waals surface area contributed by atoms with Gasteiger partial charge in [-0.1, -0.05) is 6.08 Å². The normalized spacial score (nSPS) is 11.9. The van der Waals surface area contributed by atoms with Crippen LogP contribution in [0.1, 0.15) is 17.8 Å². The predicted molar refractivity (Wildman–Crippen MR) is 125 cm³/mol. The van der Waals surface area contributed by atoms with Crippen LogP contribution in [0, 0.1) is 5.82 Å². The molecule has 3 amide bonds. The number of alkyl carbamates (subject to hydrolysis) is 1. The minimum Gasteiger partial charge on any atom is -0.453 e. The quantitative estimate of drug-likeness (QED) is 0.394. The Kier molecular flexibility index (Phi) is 8.09. The van der Waals surface area contributed by atoms with E-state index >= 15 is 0 Å². The van der Waals surface area contributed by atoms with E-state index in [1.54, 1.807) is 18.3 Å². The van der Waals surface area contributed by atoms with Gasteiger partial charge in [-0.2, -0.15) is 0 Å². The number of carbonyl (C=O) groups excluding carboxylic acids is 3. The van der Waals surface area contributed by atoms with E-state index in [1.165, 1.54) is 40.2 Å². The van der Waals surface area contributed by atoms with E-state index in [2.05, 4.69) is 20.4 Å². The van der Waals surface area contributed by atoms with Crippen LogP contribution < -0.4 is 21.9 Å². The summed E-state index contributed by atoms with van der Waals surface area (Å²) in [6.07, 6.45) is 3.75. The van der Waals surface area contributed by atoms with Crippen molar-refractivity contribution < 1.29 is 23.5 Å². The van der Waals surface area contributed by atoms with Gasteiger partial charge in [0.15, 0.2) is 0 Å². The van der Waals surface area contributed by atoms with Crippen molar-refractivity contribution in [3.8, 4) is 0 Å². The molecule has 0 radical (unpaired) electrons. The molecule has 4 N–H and O–H groups in total. The number of thiazole rings is 1. The number of pyridine rings is 1. The van der Waals surface area contributed by atoms with Crippen molar-refractivity contribution in [2.75, 3.05) is 12.4 Å². The van der Waals surface area contributed by atoms with Gasteiger partial charge in [-0.3, -0.25) is 14.4 Å². The Morgan fingerprint density at radius 2 is 2.12 bits per heavy atom. The Hall–Kier alpha value is -4.06. The lowest BCUT2D eigenvalue weighted by atomic mass is 10.1. The highest BCUT2D eigenvalue weighted by Gasteiger charge is 2.22. The average Bonchev–Trinajstić information content (AvgIpc) is 3.19. The van der Waals surface area contributed by atoms with Gasteiger partial charge in [0.25, 0.3) is 5.56 Å². The second kappa shape index (κ2) is 11.2. The lowest BCUT2D eigenvalue weighted by Crippen LogP contribution is -2.44. The largest absolute Gasteiger partial charge is 0.453 e. The third-order valence-corrected chi connectivity index (χ3v) is 5.70. The summed E-state index contributed by atoms with van der Waals surface area (Å²) in [5.41, 5.74) is 5.06. The molecule has 0 bridgehead atoms. The van der Waals surface area contributed by atoms with E-state index in [9.17, 15) is 23.6 Å². The Bertz CT molecular complexity index is 1300. The molecular formula is C22H22FN5O5S. The Labute approximate surface area is 197 Å². The molecule has 0 spiro atoms. The van der Waals surface area contributed by atoms with Gasteiger partial charge in [-0.25, -0.2) is 14.2 Å². The van der Waals surface area contributed by atoms with Crippen molar-refractivity contribution in [3.63, 3.8) is 0 Å². The SMILES string of the molecule is COC(=O)NC(CCC=CC(N)=O)C(=O)Nc1cccn(Cc2nc3cc(F)ccc3s2)c1=O. The van der Waals surface area contributed by atoms with Crippen LogP contribution in [0.3, 0.4) is 0 Å². The minimum absolute atomic E-state index is 0.00370. The Balaban J connectivity index is 1.75. The van der Waals surface area contributed by atoms with Crippen molar-refractivity contribution in [1.29, 1.82) is 0 Å². The average molecular weight is 488 g/mol. The molecule has 1 aromatic carbocycles. The number of hydrogen-bond acceptors (Lipinski definition) is 7. The van der Waals surface area contributed by atoms with E-state index in [4.69, 9.17) is 5.73 Å². The molecule has 1 atom stereocenters. The molecule has 0 saturated carbocycles. The van der Waals surface area contributed by atoms with Crippen LogP contribution in [0.4, 0.5) is 14.9 Å². The Morgan fingerprint density at radius 3 is 2.85 bits per heavy atom. The fraction of sp³-hybridized carbons (Fsp3) is 0.227. The zero-order valence-corrected chi connectivity index (χ0v) is 18.9. The van der Waals surface area contributed by atoms with Crippen molar-refractivity contribution in [1.82, 2.24) is 14.9 Å². The summed E-state index contributed by atoms with van der Waals surface area (Å²) >= 11 is 1.33. The number of fused-ring (bicyclic) bond motifs is 1. The molecule has 0 aliphatic carbocycles. The van der Waals surface area contributed by atoms with Gasteiger partial charge in [0.05, 0.1) is 23.9 Å². The topological polar surface area (TPSA) is 145 Å². The van der Waals surface area contributed by atoms with Crippen LogP contribution in [0.15, 0.2) is 53.5 Å². The number of aromatic nitrogens is 2. The summed E-state index contributed by atoms with van der Waals surface area (Å²) < 4.78 is 20.1. The molecule has 2 heterocycles. The molecule has 12 heteroatoms. The first-order valence-electron chi connectivity index (χ1n) is 10.1. The number of nitrogens with zero attached hydrogens (tertiary/aromatic N) is 2. The predicted octanol–water partition coefficient (Wildman–Crippen LogP) is 2.13. The van der Waals surface area contributed by atoms with Gasteiger partial charge < -0.3 is 25.7 Å². The van der Waals surface area contributed by atoms with Crippen LogP contribution >= 0.6 is 11.3 Å². The number of allylic oxidation sites excluding steroid dienone is 1. The molecular weight excluding hydrogens is 465 g/mol. The molecule has 0 saturated heterocycles. The maximum Gasteiger partial charge on any atom is 0.407 e. The summed E-state index contributed by atoms with van der Waals surface area (Å²) in [7, 11) is 1.16. The first-order valence-corrected chi connectivity index (χ1v) is 10.9. The van der Waals surface area contributed by atoms with Gasteiger partial charge >= 0.3 is 6.09 Å². The fourth-order valence-electron chi connectivity index (χ4n) is 3.07. The molecule has 34 heavy (non-hydrogen) atoms. The smallest absolute Gasteiger partial charge is 0.407 e. The number of hydrogen-bond donors (Lipinski definition) is 3. The third-order valence-electron chi connectivity index (χ3n) is 4.68. The van der Waals surface area contributed by atoms with Gasteiger partial charge in [0.2, 0.25) is 11.8 Å². The van der Waals surface area contributed by atoms with Crippen LogP contribution in [0.2, 0.25) is 0 Å². The summed E-state index contributed by atoms with van der Waals surface area (Å²) in [6.45, 7) is 0.130. The van der Waals surface area contributed by atoms with Crippen LogP contribution in [0.25, 0.3) is 10.2 Å². The number of halogens is 1. The maximum absolute atomic E-state index is 13.4. The van der Waals surface area contributed by atoms with E-state index in [0.717, 1.165) is 17.9 Å². The van der Waals surface area contributed by atoms with Crippen LogP contribution in [-0.2, 0) is 20.9 Å². The number of anilines is 1. The van der Waals surface area contributed by atoms with Crippen molar-refractivity contribution in [2.45, 2.75) is 25.4 Å². The zero-order valence-electron chi connectivity index (χ0n) is 18.1. The van der Waals surface area contributed by atoms with Crippen molar-refractivity contribution in [2.24, 2.45) is 5.73 Å².